The summed E-state index contributed by atoms with van der Waals surface area (Å²) in [5.74, 6) is 0.916. The molecule has 1 aliphatic heterocycles. The van der Waals surface area contributed by atoms with Gasteiger partial charge in [-0.25, -0.2) is 0 Å². The Morgan fingerprint density at radius 2 is 2.08 bits per heavy atom. The van der Waals surface area contributed by atoms with Crippen molar-refractivity contribution in [2.45, 2.75) is 33.2 Å². The molecule has 1 aliphatic rings. The smallest absolute Gasteiger partial charge is 0.00388 e. The zero-order valence-corrected chi connectivity index (χ0v) is 8.64. The summed E-state index contributed by atoms with van der Waals surface area (Å²) in [5, 5.41) is 3.47. The fourth-order valence-corrected chi connectivity index (χ4v) is 1.64. The van der Waals surface area contributed by atoms with E-state index in [-0.39, 0.29) is 0 Å². The Labute approximate surface area is 76.3 Å². The van der Waals surface area contributed by atoms with Gasteiger partial charge < -0.3 is 10.2 Å². The van der Waals surface area contributed by atoms with Gasteiger partial charge in [-0.15, -0.1) is 0 Å². The van der Waals surface area contributed by atoms with Gasteiger partial charge in [0.05, 0.1) is 0 Å². The Morgan fingerprint density at radius 3 is 2.58 bits per heavy atom. The molecule has 1 saturated heterocycles. The van der Waals surface area contributed by atoms with Gasteiger partial charge in [-0.1, -0.05) is 6.92 Å². The zero-order chi connectivity index (χ0) is 8.97. The van der Waals surface area contributed by atoms with E-state index >= 15 is 0 Å². The van der Waals surface area contributed by atoms with E-state index in [0.29, 0.717) is 0 Å². The first kappa shape index (κ1) is 10.0. The normalized spacial score (nSPS) is 20.0. The Kier molecular flexibility index (Phi) is 4.02. The predicted octanol–water partition coefficient (Wildman–Crippen LogP) is 1.33. The van der Waals surface area contributed by atoms with Crippen molar-refractivity contribution in [3.63, 3.8) is 0 Å². The second-order valence-electron chi connectivity index (χ2n) is 4.12. The number of hydrogen-bond donors (Lipinski definition) is 1. The van der Waals surface area contributed by atoms with Gasteiger partial charge in [0.15, 0.2) is 0 Å². The van der Waals surface area contributed by atoms with Gasteiger partial charge in [-0.3, -0.25) is 0 Å². The van der Waals surface area contributed by atoms with Crippen molar-refractivity contribution in [2.75, 3.05) is 26.2 Å². The van der Waals surface area contributed by atoms with E-state index in [1.807, 2.05) is 0 Å². The third-order valence-electron chi connectivity index (χ3n) is 2.58. The van der Waals surface area contributed by atoms with E-state index in [2.05, 4.69) is 31.0 Å². The largest absolute Gasteiger partial charge is 0.316 e. The van der Waals surface area contributed by atoms with E-state index in [1.54, 1.807) is 0 Å². The molecule has 0 saturated carbocycles. The molecule has 1 heterocycles. The number of likely N-dealkylation sites (tertiary alicyclic amines) is 1. The van der Waals surface area contributed by atoms with Crippen LogP contribution in [0.5, 0.6) is 0 Å². The summed E-state index contributed by atoms with van der Waals surface area (Å²) in [4.78, 5) is 2.53. The molecule has 0 aromatic rings. The van der Waals surface area contributed by atoms with Crippen LogP contribution < -0.4 is 5.32 Å². The zero-order valence-electron chi connectivity index (χ0n) is 8.64. The highest BCUT2D eigenvalue weighted by atomic mass is 15.2. The molecule has 0 aromatic carbocycles. The maximum atomic E-state index is 3.47. The molecule has 1 rings (SSSR count). The molecule has 0 aromatic heterocycles. The summed E-state index contributed by atoms with van der Waals surface area (Å²) < 4.78 is 0. The number of nitrogens with one attached hydrogen (secondary N) is 1. The van der Waals surface area contributed by atoms with E-state index in [1.165, 1.54) is 32.6 Å². The van der Waals surface area contributed by atoms with Crippen LogP contribution in [0.1, 0.15) is 27.2 Å². The molecular formula is C10H22N2. The molecule has 0 unspecified atom stereocenters. The lowest BCUT2D eigenvalue weighted by Gasteiger charge is -2.42. The van der Waals surface area contributed by atoms with Crippen molar-refractivity contribution < 1.29 is 0 Å². The van der Waals surface area contributed by atoms with E-state index in [4.69, 9.17) is 0 Å². The highest BCUT2D eigenvalue weighted by molar-refractivity contribution is 4.83. The summed E-state index contributed by atoms with van der Waals surface area (Å²) >= 11 is 0. The maximum Gasteiger partial charge on any atom is 0.00388 e. The van der Waals surface area contributed by atoms with Crippen molar-refractivity contribution in [2.24, 2.45) is 5.92 Å². The monoisotopic (exact) mass is 170 g/mol. The average Bonchev–Trinajstić information content (AvgIpc) is 1.93. The van der Waals surface area contributed by atoms with Gasteiger partial charge in [-0.2, -0.15) is 0 Å². The van der Waals surface area contributed by atoms with Crippen LogP contribution in [0.15, 0.2) is 0 Å². The molecule has 0 amide bonds. The maximum absolute atomic E-state index is 3.47. The van der Waals surface area contributed by atoms with Crippen LogP contribution in [0.4, 0.5) is 0 Å². The first-order chi connectivity index (χ1) is 5.74. The van der Waals surface area contributed by atoms with Crippen LogP contribution in [0, 0.1) is 5.92 Å². The molecule has 0 atom stereocenters. The molecule has 1 N–H and O–H groups in total. The lowest BCUT2D eigenvalue weighted by atomic mass is 9.98. The van der Waals surface area contributed by atoms with Gasteiger partial charge in [0.2, 0.25) is 0 Å². The summed E-state index contributed by atoms with van der Waals surface area (Å²) in [6.45, 7) is 11.8. The minimum absolute atomic E-state index is 0.743. The third-order valence-corrected chi connectivity index (χ3v) is 2.58. The van der Waals surface area contributed by atoms with Crippen molar-refractivity contribution >= 4 is 0 Å². The summed E-state index contributed by atoms with van der Waals surface area (Å²) in [6.07, 6.45) is 1.25. The SMILES string of the molecule is CCCNCC1CN(C(C)C)C1. The quantitative estimate of drug-likeness (QED) is 0.626. The molecule has 0 bridgehead atoms. The minimum Gasteiger partial charge on any atom is -0.316 e. The molecule has 0 spiro atoms. The second-order valence-corrected chi connectivity index (χ2v) is 4.12. The predicted molar refractivity (Wildman–Crippen MR) is 53.4 cm³/mol. The average molecular weight is 170 g/mol. The van der Waals surface area contributed by atoms with Crippen molar-refractivity contribution in [1.82, 2.24) is 10.2 Å². The third kappa shape index (κ3) is 2.76. The summed E-state index contributed by atoms with van der Waals surface area (Å²) in [7, 11) is 0. The molecule has 2 heteroatoms. The minimum atomic E-state index is 0.743. The standard InChI is InChI=1S/C10H22N2/c1-4-5-11-6-10-7-12(8-10)9(2)3/h9-11H,4-8H2,1-3H3. The van der Waals surface area contributed by atoms with Crippen molar-refractivity contribution in [3.05, 3.63) is 0 Å². The Balaban J connectivity index is 1.95. The second kappa shape index (κ2) is 4.83. The molecule has 72 valence electrons. The number of rotatable bonds is 5. The fraction of sp³-hybridized carbons (Fsp3) is 1.00. The van der Waals surface area contributed by atoms with E-state index < -0.39 is 0 Å². The van der Waals surface area contributed by atoms with Crippen molar-refractivity contribution in [1.29, 1.82) is 0 Å². The number of hydrogen-bond acceptors (Lipinski definition) is 2. The fourth-order valence-electron chi connectivity index (χ4n) is 1.64. The van der Waals surface area contributed by atoms with Crippen LogP contribution in [-0.2, 0) is 0 Å². The summed E-state index contributed by atoms with van der Waals surface area (Å²) in [6, 6.07) is 0.743. The lowest BCUT2D eigenvalue weighted by molar-refractivity contribution is 0.0678. The van der Waals surface area contributed by atoms with Gasteiger partial charge in [0.1, 0.15) is 0 Å². The molecule has 12 heavy (non-hydrogen) atoms. The topological polar surface area (TPSA) is 15.3 Å². The number of nitrogens with zero attached hydrogens (tertiary/aromatic N) is 1. The molecule has 2 nitrogen and oxygen atoms in total. The van der Waals surface area contributed by atoms with Crippen LogP contribution in [0.3, 0.4) is 0 Å². The molecule has 0 aliphatic carbocycles. The van der Waals surface area contributed by atoms with E-state index in [0.717, 1.165) is 12.0 Å². The highest BCUT2D eigenvalue weighted by Crippen LogP contribution is 2.16. The van der Waals surface area contributed by atoms with Crippen molar-refractivity contribution in [3.8, 4) is 0 Å². The van der Waals surface area contributed by atoms with Crippen LogP contribution in [0.25, 0.3) is 0 Å². The highest BCUT2D eigenvalue weighted by Gasteiger charge is 2.27. The van der Waals surface area contributed by atoms with Crippen LogP contribution >= 0.6 is 0 Å². The van der Waals surface area contributed by atoms with Gasteiger partial charge in [0, 0.05) is 25.7 Å². The van der Waals surface area contributed by atoms with Crippen LogP contribution in [-0.4, -0.2) is 37.1 Å². The van der Waals surface area contributed by atoms with Gasteiger partial charge in [-0.05, 0) is 32.7 Å². The Hall–Kier alpha value is -0.0800. The first-order valence-electron chi connectivity index (χ1n) is 5.18. The van der Waals surface area contributed by atoms with Crippen LogP contribution in [0.2, 0.25) is 0 Å². The summed E-state index contributed by atoms with van der Waals surface area (Å²) in [5.41, 5.74) is 0. The Bertz CT molecular complexity index is 117. The lowest BCUT2D eigenvalue weighted by Crippen LogP contribution is -2.53. The van der Waals surface area contributed by atoms with E-state index in [9.17, 15) is 0 Å². The van der Waals surface area contributed by atoms with Gasteiger partial charge >= 0.3 is 0 Å². The first-order valence-corrected chi connectivity index (χ1v) is 5.18. The molecular weight excluding hydrogens is 148 g/mol. The molecule has 0 radical (unpaired) electrons. The van der Waals surface area contributed by atoms with Gasteiger partial charge in [0.25, 0.3) is 0 Å². The Morgan fingerprint density at radius 1 is 1.42 bits per heavy atom. The molecule has 1 fully saturated rings.